The molecule has 1 rings (SSSR count). The Morgan fingerprint density at radius 2 is 2.16 bits per heavy atom. The van der Waals surface area contributed by atoms with Crippen molar-refractivity contribution in [1.29, 1.82) is 0 Å². The first kappa shape index (κ1) is 16.0. The Labute approximate surface area is 119 Å². The second kappa shape index (κ2) is 8.17. The van der Waals surface area contributed by atoms with E-state index in [1.54, 1.807) is 18.3 Å². The van der Waals surface area contributed by atoms with Gasteiger partial charge in [0.15, 0.2) is 0 Å². The van der Waals surface area contributed by atoms with Gasteiger partial charge >= 0.3 is 6.03 Å². The highest BCUT2D eigenvalue weighted by molar-refractivity contribution is 7.09. The van der Waals surface area contributed by atoms with Gasteiger partial charge in [-0.2, -0.15) is 0 Å². The first-order chi connectivity index (χ1) is 8.97. The maximum Gasteiger partial charge on any atom is 0.315 e. The smallest absolute Gasteiger partial charge is 0.315 e. The van der Waals surface area contributed by atoms with E-state index in [0.717, 1.165) is 6.42 Å². The van der Waals surface area contributed by atoms with Gasteiger partial charge in [-0.25, -0.2) is 4.79 Å². The standard InChI is InChI=1S/C14H24N2O2S/c1-10(7-12(3)17)9-15-14(18)16-11(2)8-13-5-4-6-19-13/h4-6,10-12,17H,7-9H2,1-3H3,(H2,15,16,18). The van der Waals surface area contributed by atoms with Crippen LogP contribution in [-0.4, -0.2) is 29.8 Å². The third kappa shape index (κ3) is 7.18. The van der Waals surface area contributed by atoms with Crippen LogP contribution in [0.1, 0.15) is 32.1 Å². The molecule has 0 aliphatic carbocycles. The van der Waals surface area contributed by atoms with Crippen LogP contribution in [0.25, 0.3) is 0 Å². The zero-order valence-electron chi connectivity index (χ0n) is 11.8. The third-order valence-corrected chi connectivity index (χ3v) is 3.72. The second-order valence-corrected chi connectivity index (χ2v) is 6.26. The van der Waals surface area contributed by atoms with E-state index in [2.05, 4.69) is 16.7 Å². The lowest BCUT2D eigenvalue weighted by Crippen LogP contribution is -2.43. The zero-order valence-corrected chi connectivity index (χ0v) is 12.7. The summed E-state index contributed by atoms with van der Waals surface area (Å²) in [5.74, 6) is 0.276. The lowest BCUT2D eigenvalue weighted by Gasteiger charge is -2.17. The van der Waals surface area contributed by atoms with Crippen molar-refractivity contribution in [2.24, 2.45) is 5.92 Å². The monoisotopic (exact) mass is 284 g/mol. The number of hydrogen-bond donors (Lipinski definition) is 3. The first-order valence-electron chi connectivity index (χ1n) is 6.72. The van der Waals surface area contributed by atoms with Gasteiger partial charge in [-0.05, 0) is 37.6 Å². The van der Waals surface area contributed by atoms with Gasteiger partial charge < -0.3 is 15.7 Å². The molecule has 19 heavy (non-hydrogen) atoms. The van der Waals surface area contributed by atoms with Crippen molar-refractivity contribution >= 4 is 17.4 Å². The molecule has 1 aromatic rings. The highest BCUT2D eigenvalue weighted by Crippen LogP contribution is 2.10. The van der Waals surface area contributed by atoms with E-state index in [1.807, 2.05) is 25.3 Å². The van der Waals surface area contributed by atoms with E-state index in [0.29, 0.717) is 13.0 Å². The zero-order chi connectivity index (χ0) is 14.3. The summed E-state index contributed by atoms with van der Waals surface area (Å²) in [7, 11) is 0. The maximum absolute atomic E-state index is 11.7. The first-order valence-corrected chi connectivity index (χ1v) is 7.60. The molecule has 0 saturated heterocycles. The highest BCUT2D eigenvalue weighted by Gasteiger charge is 2.11. The number of nitrogens with one attached hydrogen (secondary N) is 2. The Bertz CT molecular complexity index is 366. The minimum absolute atomic E-state index is 0.116. The van der Waals surface area contributed by atoms with E-state index in [1.165, 1.54) is 4.88 Å². The van der Waals surface area contributed by atoms with Crippen LogP contribution < -0.4 is 10.6 Å². The van der Waals surface area contributed by atoms with Gasteiger partial charge in [0.2, 0.25) is 0 Å². The van der Waals surface area contributed by atoms with Crippen LogP contribution in [0.3, 0.4) is 0 Å². The van der Waals surface area contributed by atoms with Crippen molar-refractivity contribution in [3.63, 3.8) is 0 Å². The molecule has 1 heterocycles. The SMILES string of the molecule is CC(O)CC(C)CNC(=O)NC(C)Cc1cccs1. The summed E-state index contributed by atoms with van der Waals surface area (Å²) in [6.07, 6.45) is 1.23. The number of thiophene rings is 1. The summed E-state index contributed by atoms with van der Waals surface area (Å²) in [6, 6.07) is 4.07. The van der Waals surface area contributed by atoms with E-state index < -0.39 is 0 Å². The van der Waals surface area contributed by atoms with Gasteiger partial charge in [0, 0.05) is 23.9 Å². The van der Waals surface area contributed by atoms with Crippen LogP contribution in [0.15, 0.2) is 17.5 Å². The van der Waals surface area contributed by atoms with Gasteiger partial charge in [-0.3, -0.25) is 0 Å². The minimum Gasteiger partial charge on any atom is -0.393 e. The van der Waals surface area contributed by atoms with Gasteiger partial charge in [0.05, 0.1) is 6.10 Å². The van der Waals surface area contributed by atoms with E-state index in [-0.39, 0.29) is 24.1 Å². The third-order valence-electron chi connectivity index (χ3n) is 2.82. The molecule has 0 aliphatic rings. The van der Waals surface area contributed by atoms with Crippen molar-refractivity contribution in [2.45, 2.75) is 45.8 Å². The maximum atomic E-state index is 11.7. The van der Waals surface area contributed by atoms with E-state index >= 15 is 0 Å². The van der Waals surface area contributed by atoms with Crippen molar-refractivity contribution in [3.05, 3.63) is 22.4 Å². The van der Waals surface area contributed by atoms with Crippen LogP contribution in [0.5, 0.6) is 0 Å². The molecule has 0 aliphatic heterocycles. The number of aliphatic hydroxyl groups is 1. The summed E-state index contributed by atoms with van der Waals surface area (Å²) in [6.45, 7) is 6.36. The molecular weight excluding hydrogens is 260 g/mol. The number of carbonyl (C=O) groups is 1. The van der Waals surface area contributed by atoms with E-state index in [4.69, 9.17) is 0 Å². The van der Waals surface area contributed by atoms with Crippen molar-refractivity contribution in [1.82, 2.24) is 10.6 Å². The Morgan fingerprint density at radius 3 is 2.74 bits per heavy atom. The number of rotatable bonds is 7. The fraction of sp³-hybridized carbons (Fsp3) is 0.643. The summed E-state index contributed by atoms with van der Waals surface area (Å²) < 4.78 is 0. The summed E-state index contributed by atoms with van der Waals surface area (Å²) in [4.78, 5) is 13.0. The van der Waals surface area contributed by atoms with Crippen LogP contribution >= 0.6 is 11.3 Å². The fourth-order valence-electron chi connectivity index (χ4n) is 1.99. The molecule has 108 valence electrons. The molecule has 0 saturated carbocycles. The molecule has 5 heteroatoms. The molecule has 0 spiro atoms. The quantitative estimate of drug-likeness (QED) is 0.720. The Hall–Kier alpha value is -1.07. The predicted molar refractivity (Wildman–Crippen MR) is 79.5 cm³/mol. The van der Waals surface area contributed by atoms with Crippen LogP contribution in [0, 0.1) is 5.92 Å². The van der Waals surface area contributed by atoms with Crippen LogP contribution in [0.2, 0.25) is 0 Å². The number of amides is 2. The van der Waals surface area contributed by atoms with Gasteiger partial charge in [-0.1, -0.05) is 13.0 Å². The lowest BCUT2D eigenvalue weighted by molar-refractivity contribution is 0.163. The molecule has 3 N–H and O–H groups in total. The Balaban J connectivity index is 2.19. The molecule has 0 radical (unpaired) electrons. The molecule has 4 nitrogen and oxygen atoms in total. The van der Waals surface area contributed by atoms with Crippen molar-refractivity contribution in [3.8, 4) is 0 Å². The normalized spacial score (nSPS) is 15.6. The van der Waals surface area contributed by atoms with Crippen LogP contribution in [-0.2, 0) is 6.42 Å². The van der Waals surface area contributed by atoms with Crippen molar-refractivity contribution in [2.75, 3.05) is 6.54 Å². The number of urea groups is 1. The Kier molecular flexibility index (Phi) is 6.87. The van der Waals surface area contributed by atoms with Gasteiger partial charge in [-0.15, -0.1) is 11.3 Å². The average molecular weight is 284 g/mol. The molecule has 3 unspecified atom stereocenters. The number of carbonyl (C=O) groups excluding carboxylic acids is 1. The minimum atomic E-state index is -0.322. The van der Waals surface area contributed by atoms with Crippen molar-refractivity contribution < 1.29 is 9.90 Å². The summed E-state index contributed by atoms with van der Waals surface area (Å²) in [5, 5.41) is 17.1. The highest BCUT2D eigenvalue weighted by atomic mass is 32.1. The lowest BCUT2D eigenvalue weighted by atomic mass is 10.1. The molecule has 0 fully saturated rings. The molecule has 0 bridgehead atoms. The Morgan fingerprint density at radius 1 is 1.42 bits per heavy atom. The predicted octanol–water partition coefficient (Wildman–Crippen LogP) is 2.39. The van der Waals surface area contributed by atoms with Gasteiger partial charge in [0.1, 0.15) is 0 Å². The van der Waals surface area contributed by atoms with Gasteiger partial charge in [0.25, 0.3) is 0 Å². The average Bonchev–Trinajstić information content (AvgIpc) is 2.78. The molecule has 2 amide bonds. The van der Waals surface area contributed by atoms with Crippen LogP contribution in [0.4, 0.5) is 4.79 Å². The summed E-state index contributed by atoms with van der Waals surface area (Å²) >= 11 is 1.70. The second-order valence-electron chi connectivity index (χ2n) is 5.23. The topological polar surface area (TPSA) is 61.4 Å². The summed E-state index contributed by atoms with van der Waals surface area (Å²) in [5.41, 5.74) is 0. The molecular formula is C14H24N2O2S. The molecule has 0 aromatic carbocycles. The van der Waals surface area contributed by atoms with E-state index in [9.17, 15) is 9.90 Å². The fourth-order valence-corrected chi connectivity index (χ4v) is 2.82. The number of hydrogen-bond acceptors (Lipinski definition) is 3. The largest absolute Gasteiger partial charge is 0.393 e. The number of aliphatic hydroxyl groups excluding tert-OH is 1. The molecule has 1 aromatic heterocycles. The molecule has 3 atom stereocenters.